The smallest absolute Gasteiger partial charge is 0.234 e. The Labute approximate surface area is 162 Å². The number of hydrogen-bond donors (Lipinski definition) is 0. The number of fused-ring (bicyclic) bond motifs is 2. The Morgan fingerprint density at radius 1 is 1.25 bits per heavy atom. The first-order chi connectivity index (χ1) is 13.4. The van der Waals surface area contributed by atoms with Gasteiger partial charge in [0.1, 0.15) is 5.60 Å². The van der Waals surface area contributed by atoms with Crippen molar-refractivity contribution in [1.82, 2.24) is 0 Å². The number of benzene rings is 2. The second kappa shape index (κ2) is 5.79. The number of carboxylic acid groups (broad SMARTS) is 1. The summed E-state index contributed by atoms with van der Waals surface area (Å²) in [5.41, 5.74) is 0.730. The molecule has 0 unspecified atom stereocenters. The van der Waals surface area contributed by atoms with Crippen LogP contribution in [0.1, 0.15) is 13.3 Å². The van der Waals surface area contributed by atoms with E-state index < -0.39 is 29.5 Å². The third-order valence-corrected chi connectivity index (χ3v) is 6.26. The lowest BCUT2D eigenvalue weighted by atomic mass is 9.74. The van der Waals surface area contributed by atoms with Gasteiger partial charge in [0.15, 0.2) is 0 Å². The van der Waals surface area contributed by atoms with Crippen LogP contribution in [0, 0.1) is 11.8 Å². The van der Waals surface area contributed by atoms with E-state index in [4.69, 9.17) is 4.74 Å². The van der Waals surface area contributed by atoms with Crippen LogP contribution in [0.15, 0.2) is 66.8 Å². The van der Waals surface area contributed by atoms with Crippen molar-refractivity contribution >= 4 is 28.3 Å². The van der Waals surface area contributed by atoms with Gasteiger partial charge in [0.25, 0.3) is 0 Å². The van der Waals surface area contributed by atoms with Crippen molar-refractivity contribution in [3.05, 3.63) is 66.8 Å². The summed E-state index contributed by atoms with van der Waals surface area (Å²) >= 11 is 0. The number of amides is 1. The first-order valence-electron chi connectivity index (χ1n) is 9.47. The molecule has 2 fully saturated rings. The SMILES string of the molecule is C=C(C)C[C@H]1N(c2cccc3ccccc23)C(=O)[C@@H]2[C@H](C(=O)[O-])[C@H]3C=C[C@]21O3. The Kier molecular flexibility index (Phi) is 3.55. The largest absolute Gasteiger partial charge is 0.550 e. The highest BCUT2D eigenvalue weighted by Gasteiger charge is 2.69. The molecule has 2 bridgehead atoms. The van der Waals surface area contributed by atoms with Gasteiger partial charge in [0, 0.05) is 17.3 Å². The maximum Gasteiger partial charge on any atom is 0.234 e. The van der Waals surface area contributed by atoms with Gasteiger partial charge >= 0.3 is 0 Å². The summed E-state index contributed by atoms with van der Waals surface area (Å²) < 4.78 is 6.17. The fourth-order valence-electron chi connectivity index (χ4n) is 5.20. The van der Waals surface area contributed by atoms with E-state index >= 15 is 0 Å². The minimum absolute atomic E-state index is 0.219. The maximum absolute atomic E-state index is 13.6. The molecule has 2 aromatic rings. The lowest BCUT2D eigenvalue weighted by Crippen LogP contribution is -2.46. The quantitative estimate of drug-likeness (QED) is 0.770. The van der Waals surface area contributed by atoms with E-state index in [0.717, 1.165) is 22.0 Å². The van der Waals surface area contributed by atoms with Gasteiger partial charge in [-0.3, -0.25) is 4.79 Å². The standard InChI is InChI=1S/C23H21NO4/c1-13(2)12-18-23-11-10-17(28-23)19(22(26)27)20(23)21(25)24(18)16-9-5-7-14-6-3-4-8-15(14)16/h3-11,17-20H,1,12H2,2H3,(H,26,27)/p-1/t17-,18-,19-,20+,23-/m1/s1. The Morgan fingerprint density at radius 2 is 2.00 bits per heavy atom. The highest BCUT2D eigenvalue weighted by atomic mass is 16.5. The number of carbonyl (C=O) groups excluding carboxylic acids is 2. The van der Waals surface area contributed by atoms with Crippen LogP contribution < -0.4 is 10.0 Å². The summed E-state index contributed by atoms with van der Waals surface area (Å²) in [5.74, 6) is -3.20. The van der Waals surface area contributed by atoms with Crippen molar-refractivity contribution in [1.29, 1.82) is 0 Å². The van der Waals surface area contributed by atoms with E-state index in [9.17, 15) is 14.7 Å². The minimum Gasteiger partial charge on any atom is -0.550 e. The molecule has 142 valence electrons. The molecule has 28 heavy (non-hydrogen) atoms. The zero-order chi connectivity index (χ0) is 19.6. The topological polar surface area (TPSA) is 69.7 Å². The third kappa shape index (κ3) is 2.11. The van der Waals surface area contributed by atoms with Crippen LogP contribution in [0.2, 0.25) is 0 Å². The van der Waals surface area contributed by atoms with E-state index in [0.29, 0.717) is 6.42 Å². The van der Waals surface area contributed by atoms with Crippen LogP contribution in [-0.2, 0) is 14.3 Å². The Morgan fingerprint density at radius 3 is 2.75 bits per heavy atom. The molecule has 5 atom stereocenters. The van der Waals surface area contributed by atoms with Gasteiger partial charge in [-0.2, -0.15) is 0 Å². The molecule has 2 aromatic carbocycles. The number of anilines is 1. The summed E-state index contributed by atoms with van der Waals surface area (Å²) in [5, 5.41) is 13.8. The Balaban J connectivity index is 1.71. The van der Waals surface area contributed by atoms with Crippen LogP contribution >= 0.6 is 0 Å². The summed E-state index contributed by atoms with van der Waals surface area (Å²) in [4.78, 5) is 27.2. The molecular formula is C23H20NO4-. The predicted molar refractivity (Wildman–Crippen MR) is 103 cm³/mol. The minimum atomic E-state index is -1.23. The first-order valence-corrected chi connectivity index (χ1v) is 9.47. The number of aliphatic carboxylic acids is 1. The second-order valence-electron chi connectivity index (χ2n) is 8.00. The van der Waals surface area contributed by atoms with Crippen LogP contribution in [0.3, 0.4) is 0 Å². The molecule has 1 spiro atoms. The third-order valence-electron chi connectivity index (χ3n) is 6.26. The summed E-state index contributed by atoms with van der Waals surface area (Å²) in [6, 6.07) is 13.3. The van der Waals surface area contributed by atoms with Gasteiger partial charge < -0.3 is 19.5 Å². The molecule has 0 saturated carbocycles. The van der Waals surface area contributed by atoms with Crippen molar-refractivity contribution < 1.29 is 19.4 Å². The van der Waals surface area contributed by atoms with Crippen LogP contribution in [-0.4, -0.2) is 29.6 Å². The van der Waals surface area contributed by atoms with Crippen LogP contribution in [0.4, 0.5) is 5.69 Å². The number of ether oxygens (including phenoxy) is 1. The lowest BCUT2D eigenvalue weighted by molar-refractivity contribution is -0.313. The number of rotatable bonds is 4. The van der Waals surface area contributed by atoms with E-state index in [-0.39, 0.29) is 11.9 Å². The molecule has 5 rings (SSSR count). The van der Waals surface area contributed by atoms with Gasteiger partial charge in [-0.25, -0.2) is 0 Å². The molecule has 0 aliphatic carbocycles. The fraction of sp³-hybridized carbons (Fsp3) is 0.304. The van der Waals surface area contributed by atoms with Crippen molar-refractivity contribution in [3.8, 4) is 0 Å². The maximum atomic E-state index is 13.6. The predicted octanol–water partition coefficient (Wildman–Crippen LogP) is 2.21. The average molecular weight is 374 g/mol. The van der Waals surface area contributed by atoms with Gasteiger partial charge in [-0.1, -0.05) is 54.1 Å². The molecule has 0 radical (unpaired) electrons. The normalized spacial score (nSPS) is 32.9. The van der Waals surface area contributed by atoms with Gasteiger partial charge in [0.2, 0.25) is 5.91 Å². The number of hydrogen-bond acceptors (Lipinski definition) is 4. The molecular weight excluding hydrogens is 354 g/mol. The van der Waals surface area contributed by atoms with Crippen molar-refractivity contribution in [2.45, 2.75) is 31.1 Å². The van der Waals surface area contributed by atoms with Crippen molar-refractivity contribution in [2.24, 2.45) is 11.8 Å². The molecule has 5 heteroatoms. The highest BCUT2D eigenvalue weighted by molar-refractivity contribution is 6.09. The number of nitrogens with zero attached hydrogens (tertiary/aromatic N) is 1. The van der Waals surface area contributed by atoms with E-state index in [1.165, 1.54) is 0 Å². The van der Waals surface area contributed by atoms with Crippen molar-refractivity contribution in [3.63, 3.8) is 0 Å². The summed E-state index contributed by atoms with van der Waals surface area (Å²) in [6.07, 6.45) is 3.57. The van der Waals surface area contributed by atoms with Gasteiger partial charge in [-0.05, 0) is 24.8 Å². The zero-order valence-electron chi connectivity index (χ0n) is 15.5. The highest BCUT2D eigenvalue weighted by Crippen LogP contribution is 2.57. The molecule has 0 aromatic heterocycles. The summed E-state index contributed by atoms with van der Waals surface area (Å²) in [6.45, 7) is 5.95. The molecule has 5 nitrogen and oxygen atoms in total. The monoisotopic (exact) mass is 374 g/mol. The van der Waals surface area contributed by atoms with E-state index in [2.05, 4.69) is 6.58 Å². The van der Waals surface area contributed by atoms with Gasteiger partial charge in [-0.15, -0.1) is 6.58 Å². The van der Waals surface area contributed by atoms with E-state index in [1.54, 1.807) is 11.0 Å². The first kappa shape index (κ1) is 17.2. The van der Waals surface area contributed by atoms with E-state index in [1.807, 2.05) is 55.5 Å². The number of carbonyl (C=O) groups is 2. The lowest BCUT2D eigenvalue weighted by Gasteiger charge is -2.34. The molecule has 0 N–H and O–H groups in total. The van der Waals surface area contributed by atoms with Gasteiger partial charge in [0.05, 0.1) is 23.8 Å². The van der Waals surface area contributed by atoms with Crippen LogP contribution in [0.5, 0.6) is 0 Å². The molecule has 1 amide bonds. The molecule has 2 saturated heterocycles. The molecule has 3 heterocycles. The average Bonchev–Trinajstić information content (AvgIpc) is 3.30. The molecule has 3 aliphatic rings. The summed E-state index contributed by atoms with van der Waals surface area (Å²) in [7, 11) is 0. The molecule has 3 aliphatic heterocycles. The van der Waals surface area contributed by atoms with Crippen molar-refractivity contribution in [2.75, 3.05) is 4.90 Å². The Hall–Kier alpha value is -2.92. The zero-order valence-corrected chi connectivity index (χ0v) is 15.5. The van der Waals surface area contributed by atoms with Crippen LogP contribution in [0.25, 0.3) is 10.8 Å². The second-order valence-corrected chi connectivity index (χ2v) is 8.00. The fourth-order valence-corrected chi connectivity index (χ4v) is 5.20. The number of carboxylic acids is 1. The Bertz CT molecular complexity index is 1050.